The van der Waals surface area contributed by atoms with Crippen LogP contribution in [0.4, 0.5) is 5.69 Å². The van der Waals surface area contributed by atoms with Crippen molar-refractivity contribution in [2.45, 2.75) is 18.5 Å². The number of halogens is 1. The van der Waals surface area contributed by atoms with Gasteiger partial charge >= 0.3 is 0 Å². The van der Waals surface area contributed by atoms with Gasteiger partial charge < -0.3 is 5.32 Å². The molecule has 0 aromatic heterocycles. The minimum Gasteiger partial charge on any atom is -0.363 e. The zero-order valence-corrected chi connectivity index (χ0v) is 15.7. The van der Waals surface area contributed by atoms with Gasteiger partial charge in [-0.15, -0.1) is 0 Å². The molecule has 2 aliphatic heterocycles. The smallest absolute Gasteiger partial charge is 0.233 e. The molecule has 0 amide bonds. The molecule has 6 heteroatoms. The van der Waals surface area contributed by atoms with E-state index in [4.69, 9.17) is 0 Å². The Balaban J connectivity index is 1.98. The van der Waals surface area contributed by atoms with Gasteiger partial charge in [-0.05, 0) is 41.8 Å². The Morgan fingerprint density at radius 1 is 1.17 bits per heavy atom. The Bertz CT molecular complexity index is 956. The number of sulfonamides is 1. The number of fused-ring (bicyclic) bond motifs is 3. The molecule has 0 radical (unpaired) electrons. The first-order chi connectivity index (χ1) is 11.3. The van der Waals surface area contributed by atoms with E-state index in [9.17, 15) is 8.42 Å². The molecular formula is C18H17BrN2O2S. The Morgan fingerprint density at radius 2 is 1.88 bits per heavy atom. The van der Waals surface area contributed by atoms with Crippen LogP contribution in [0, 0.1) is 0 Å². The van der Waals surface area contributed by atoms with E-state index in [1.54, 1.807) is 6.20 Å². The molecule has 0 fully saturated rings. The number of hydrogen-bond donors (Lipinski definition) is 1. The van der Waals surface area contributed by atoms with Gasteiger partial charge in [-0.3, -0.25) is 4.31 Å². The molecule has 0 bridgehead atoms. The Labute approximate surface area is 150 Å². The van der Waals surface area contributed by atoms with Crippen LogP contribution < -0.4 is 5.32 Å². The zero-order chi connectivity index (χ0) is 17.1. The second-order valence-electron chi connectivity index (χ2n) is 6.44. The molecule has 4 rings (SSSR count). The molecule has 0 aliphatic carbocycles. The van der Waals surface area contributed by atoms with Gasteiger partial charge in [0.05, 0.1) is 11.7 Å². The van der Waals surface area contributed by atoms with Gasteiger partial charge in [0.25, 0.3) is 0 Å². The largest absolute Gasteiger partial charge is 0.363 e. The van der Waals surface area contributed by atoms with Crippen molar-refractivity contribution in [3.8, 4) is 0 Å². The van der Waals surface area contributed by atoms with Gasteiger partial charge in [0.2, 0.25) is 10.0 Å². The SMILES string of the molecule is C[C@@]12C(c3ccccc3)=CN(S(C)(=O)=O)[C@@H]1Nc1ccc(Br)cc12. The lowest BCUT2D eigenvalue weighted by Crippen LogP contribution is -2.45. The maximum absolute atomic E-state index is 12.3. The van der Waals surface area contributed by atoms with Crippen molar-refractivity contribution < 1.29 is 8.42 Å². The highest BCUT2D eigenvalue weighted by molar-refractivity contribution is 9.10. The van der Waals surface area contributed by atoms with Crippen LogP contribution in [0.3, 0.4) is 0 Å². The van der Waals surface area contributed by atoms with Crippen LogP contribution in [0.15, 0.2) is 59.2 Å². The molecule has 2 atom stereocenters. The Morgan fingerprint density at radius 3 is 2.54 bits per heavy atom. The Hall–Kier alpha value is -1.79. The van der Waals surface area contributed by atoms with E-state index >= 15 is 0 Å². The predicted molar refractivity (Wildman–Crippen MR) is 100 cm³/mol. The first-order valence-corrected chi connectivity index (χ1v) is 10.3. The third-order valence-electron chi connectivity index (χ3n) is 4.92. The van der Waals surface area contributed by atoms with Gasteiger partial charge in [0, 0.05) is 16.4 Å². The summed E-state index contributed by atoms with van der Waals surface area (Å²) in [5.74, 6) is 0. The van der Waals surface area contributed by atoms with Gasteiger partial charge in [-0.2, -0.15) is 0 Å². The summed E-state index contributed by atoms with van der Waals surface area (Å²) in [5.41, 5.74) is 3.65. The lowest BCUT2D eigenvalue weighted by Gasteiger charge is -2.31. The molecule has 2 aromatic rings. The number of anilines is 1. The lowest BCUT2D eigenvalue weighted by atomic mass is 9.75. The summed E-state index contributed by atoms with van der Waals surface area (Å²) in [6, 6.07) is 16.0. The summed E-state index contributed by atoms with van der Waals surface area (Å²) in [6.45, 7) is 2.10. The Kier molecular flexibility index (Phi) is 3.34. The summed E-state index contributed by atoms with van der Waals surface area (Å²) in [5, 5.41) is 3.39. The number of hydrogen-bond acceptors (Lipinski definition) is 3. The second kappa shape index (κ2) is 5.10. The molecular weight excluding hydrogens is 388 g/mol. The lowest BCUT2D eigenvalue weighted by molar-refractivity contribution is 0.389. The van der Waals surface area contributed by atoms with Crippen molar-refractivity contribution in [3.63, 3.8) is 0 Å². The van der Waals surface area contributed by atoms with Crippen molar-refractivity contribution in [3.05, 3.63) is 70.3 Å². The number of rotatable bonds is 2. The van der Waals surface area contributed by atoms with Crippen LogP contribution in [0.5, 0.6) is 0 Å². The van der Waals surface area contributed by atoms with Crippen LogP contribution in [0.2, 0.25) is 0 Å². The predicted octanol–water partition coefficient (Wildman–Crippen LogP) is 3.77. The van der Waals surface area contributed by atoms with E-state index < -0.39 is 15.4 Å². The second-order valence-corrected chi connectivity index (χ2v) is 9.24. The van der Waals surface area contributed by atoms with Gasteiger partial charge in [-0.25, -0.2) is 8.42 Å². The fraction of sp³-hybridized carbons (Fsp3) is 0.222. The summed E-state index contributed by atoms with van der Waals surface area (Å²) in [6.07, 6.45) is 2.66. The molecule has 124 valence electrons. The molecule has 0 saturated carbocycles. The molecule has 4 nitrogen and oxygen atoms in total. The topological polar surface area (TPSA) is 49.4 Å². The first kappa shape index (κ1) is 15.7. The average molecular weight is 405 g/mol. The van der Waals surface area contributed by atoms with Crippen molar-refractivity contribution >= 4 is 37.2 Å². The third kappa shape index (κ3) is 2.13. The third-order valence-corrected chi connectivity index (χ3v) is 6.49. The molecule has 2 aliphatic rings. The number of benzene rings is 2. The van der Waals surface area contributed by atoms with Crippen molar-refractivity contribution in [1.82, 2.24) is 4.31 Å². The quantitative estimate of drug-likeness (QED) is 0.828. The first-order valence-electron chi connectivity index (χ1n) is 7.64. The standard InChI is InChI=1S/C18H17BrN2O2S/c1-18-14-10-13(19)8-9-16(14)20-17(18)21(24(2,22)23)11-15(18)12-6-4-3-5-7-12/h3-11,17,20H,1-2H3/t17-,18+/m0/s1. The summed E-state index contributed by atoms with van der Waals surface area (Å²) in [7, 11) is -3.38. The van der Waals surface area contributed by atoms with E-state index in [0.29, 0.717) is 0 Å². The van der Waals surface area contributed by atoms with Crippen LogP contribution in [0.25, 0.3) is 5.57 Å². The van der Waals surface area contributed by atoms with Crippen LogP contribution >= 0.6 is 15.9 Å². The van der Waals surface area contributed by atoms with E-state index in [1.165, 1.54) is 10.6 Å². The highest BCUT2D eigenvalue weighted by atomic mass is 79.9. The van der Waals surface area contributed by atoms with E-state index in [-0.39, 0.29) is 6.17 Å². The number of nitrogens with zero attached hydrogens (tertiary/aromatic N) is 1. The van der Waals surface area contributed by atoms with E-state index in [0.717, 1.165) is 26.9 Å². The number of nitrogens with one attached hydrogen (secondary N) is 1. The summed E-state index contributed by atoms with van der Waals surface area (Å²) >= 11 is 3.54. The molecule has 0 unspecified atom stereocenters. The fourth-order valence-corrected chi connectivity index (χ4v) is 5.04. The molecule has 2 heterocycles. The summed E-state index contributed by atoms with van der Waals surface area (Å²) < 4.78 is 27.1. The van der Waals surface area contributed by atoms with Crippen molar-refractivity contribution in [1.29, 1.82) is 0 Å². The van der Waals surface area contributed by atoms with Crippen molar-refractivity contribution in [2.24, 2.45) is 0 Å². The zero-order valence-electron chi connectivity index (χ0n) is 13.3. The summed E-state index contributed by atoms with van der Waals surface area (Å²) in [4.78, 5) is 0. The molecule has 2 aromatic carbocycles. The molecule has 0 saturated heterocycles. The normalized spacial score (nSPS) is 25.0. The highest BCUT2D eigenvalue weighted by Crippen LogP contribution is 2.55. The van der Waals surface area contributed by atoms with Crippen molar-refractivity contribution in [2.75, 3.05) is 11.6 Å². The van der Waals surface area contributed by atoms with Gasteiger partial charge in [-0.1, -0.05) is 46.3 Å². The minimum absolute atomic E-state index is 0.355. The molecule has 24 heavy (non-hydrogen) atoms. The monoisotopic (exact) mass is 404 g/mol. The molecule has 1 N–H and O–H groups in total. The van der Waals surface area contributed by atoms with E-state index in [2.05, 4.69) is 34.2 Å². The fourth-order valence-electron chi connectivity index (χ4n) is 3.74. The minimum atomic E-state index is -3.38. The van der Waals surface area contributed by atoms with Gasteiger partial charge in [0.1, 0.15) is 6.17 Å². The average Bonchev–Trinajstić information content (AvgIpc) is 2.98. The highest BCUT2D eigenvalue weighted by Gasteiger charge is 2.54. The van der Waals surface area contributed by atoms with Crippen LogP contribution in [-0.2, 0) is 15.4 Å². The van der Waals surface area contributed by atoms with E-state index in [1.807, 2.05) is 42.5 Å². The van der Waals surface area contributed by atoms with Gasteiger partial charge in [0.15, 0.2) is 0 Å². The van der Waals surface area contributed by atoms with Crippen LogP contribution in [-0.4, -0.2) is 25.1 Å². The maximum atomic E-state index is 12.3. The molecule has 0 spiro atoms. The maximum Gasteiger partial charge on any atom is 0.233 e. The van der Waals surface area contributed by atoms with Crippen LogP contribution in [0.1, 0.15) is 18.1 Å².